The summed E-state index contributed by atoms with van der Waals surface area (Å²) in [5, 5.41) is -0.00352. The minimum atomic E-state index is -0.343. The van der Waals surface area contributed by atoms with Gasteiger partial charge in [-0.3, -0.25) is 9.59 Å². The zero-order valence-electron chi connectivity index (χ0n) is 14.5. The number of thioether (sulfide) groups is 1. The number of carbonyl (C=O) groups is 3. The third-order valence-corrected chi connectivity index (χ3v) is 5.66. The average molecular weight is 343 g/mol. The maximum atomic E-state index is 12.5. The minimum Gasteiger partial charge on any atom is -0.312 e. The molecule has 1 fully saturated rings. The molecule has 6 heteroatoms. The predicted octanol–water partition coefficient (Wildman–Crippen LogP) is 2.89. The second-order valence-electron chi connectivity index (χ2n) is 6.52. The maximum Gasteiger partial charge on any atom is 0.247 e. The third kappa shape index (κ3) is 3.91. The van der Waals surface area contributed by atoms with Crippen molar-refractivity contribution in [3.8, 4) is 0 Å². The van der Waals surface area contributed by atoms with Gasteiger partial charge in [-0.15, -0.1) is 11.8 Å². The van der Waals surface area contributed by atoms with Gasteiger partial charge < -0.3 is 4.79 Å². The van der Waals surface area contributed by atoms with E-state index in [4.69, 9.17) is 7.85 Å². The number of hydrogen-bond donors (Lipinski definition) is 0. The van der Waals surface area contributed by atoms with Crippen molar-refractivity contribution in [1.82, 2.24) is 0 Å². The van der Waals surface area contributed by atoms with Crippen molar-refractivity contribution in [2.24, 2.45) is 5.92 Å². The summed E-state index contributed by atoms with van der Waals surface area (Å²) in [6, 6.07) is 7.22. The van der Waals surface area contributed by atoms with Gasteiger partial charge in [0.05, 0.1) is 16.6 Å². The van der Waals surface area contributed by atoms with Crippen LogP contribution in [0.5, 0.6) is 0 Å². The van der Waals surface area contributed by atoms with E-state index in [1.54, 1.807) is 19.1 Å². The van der Waals surface area contributed by atoms with Crippen LogP contribution in [-0.4, -0.2) is 35.8 Å². The molecule has 0 N–H and O–H groups in total. The molecule has 3 atom stereocenters. The zero-order chi connectivity index (χ0) is 18.0. The summed E-state index contributed by atoms with van der Waals surface area (Å²) in [6.07, 6.45) is 0.249. The zero-order valence-corrected chi connectivity index (χ0v) is 15.3. The average Bonchev–Trinajstić information content (AvgIpc) is 2.79. The van der Waals surface area contributed by atoms with E-state index in [1.165, 1.54) is 16.7 Å². The van der Waals surface area contributed by atoms with E-state index < -0.39 is 0 Å². The lowest BCUT2D eigenvalue weighted by atomic mass is 9.79. The standard InChI is InChI=1S/C18H22BNO3S/c1-10(2)24-15-9-16(21)20(18(15)23)14-7-5-13(6-8-14)11(3)12(4)17(19)22/h5-8,10-12,15H,9H2,1-4H3. The number of nitrogens with zero attached hydrogens (tertiary/aromatic N) is 1. The summed E-state index contributed by atoms with van der Waals surface area (Å²) >= 11 is 1.52. The van der Waals surface area contributed by atoms with E-state index in [0.717, 1.165) is 5.56 Å². The lowest BCUT2D eigenvalue weighted by molar-refractivity contribution is -0.121. The Morgan fingerprint density at radius 1 is 1.17 bits per heavy atom. The Bertz CT molecular complexity index is 644. The van der Waals surface area contributed by atoms with Crippen molar-refractivity contribution in [3.05, 3.63) is 29.8 Å². The second kappa shape index (κ2) is 7.56. The van der Waals surface area contributed by atoms with E-state index in [9.17, 15) is 14.4 Å². The fourth-order valence-corrected chi connectivity index (χ4v) is 3.89. The topological polar surface area (TPSA) is 54.5 Å². The molecule has 0 aliphatic carbocycles. The summed E-state index contributed by atoms with van der Waals surface area (Å²) < 4.78 is 0. The van der Waals surface area contributed by atoms with Gasteiger partial charge in [-0.1, -0.05) is 39.8 Å². The Morgan fingerprint density at radius 3 is 2.25 bits per heavy atom. The minimum absolute atomic E-state index is 0.0224. The Labute approximate surface area is 148 Å². The molecule has 1 aliphatic heterocycles. The molecule has 1 heterocycles. The molecule has 1 aromatic rings. The van der Waals surface area contributed by atoms with Crippen LogP contribution in [0.2, 0.25) is 0 Å². The van der Waals surface area contributed by atoms with Crippen molar-refractivity contribution in [2.45, 2.75) is 50.5 Å². The highest BCUT2D eigenvalue weighted by molar-refractivity contribution is 8.01. The lowest BCUT2D eigenvalue weighted by Gasteiger charge is -2.20. The largest absolute Gasteiger partial charge is 0.312 e. The summed E-state index contributed by atoms with van der Waals surface area (Å²) in [6.45, 7) is 7.76. The smallest absolute Gasteiger partial charge is 0.247 e. The molecule has 1 aromatic carbocycles. The van der Waals surface area contributed by atoms with E-state index in [-0.39, 0.29) is 41.0 Å². The first-order valence-electron chi connectivity index (χ1n) is 8.14. The number of imide groups is 1. The first-order chi connectivity index (χ1) is 11.2. The fourth-order valence-electron chi connectivity index (χ4n) is 2.77. The molecular weight excluding hydrogens is 321 g/mol. The molecule has 0 aromatic heterocycles. The van der Waals surface area contributed by atoms with Gasteiger partial charge in [0.15, 0.2) is 7.85 Å². The summed E-state index contributed by atoms with van der Waals surface area (Å²) in [7, 11) is 5.36. The Balaban J connectivity index is 2.17. The molecule has 2 radical (unpaired) electrons. The van der Waals surface area contributed by atoms with Crippen LogP contribution < -0.4 is 4.90 Å². The lowest BCUT2D eigenvalue weighted by Crippen LogP contribution is -2.31. The van der Waals surface area contributed by atoms with Crippen LogP contribution in [0.15, 0.2) is 24.3 Å². The molecule has 0 spiro atoms. The number of anilines is 1. The second-order valence-corrected chi connectivity index (χ2v) is 8.30. The normalized spacial score (nSPS) is 20.5. The van der Waals surface area contributed by atoms with E-state index in [1.807, 2.05) is 32.9 Å². The Morgan fingerprint density at radius 2 is 1.75 bits per heavy atom. The van der Waals surface area contributed by atoms with Gasteiger partial charge in [-0.25, -0.2) is 4.90 Å². The van der Waals surface area contributed by atoms with Crippen molar-refractivity contribution in [2.75, 3.05) is 4.90 Å². The van der Waals surface area contributed by atoms with Crippen LogP contribution in [0.4, 0.5) is 5.69 Å². The molecule has 2 rings (SSSR count). The molecule has 1 aliphatic rings. The molecule has 2 amide bonds. The molecule has 0 saturated carbocycles. The monoisotopic (exact) mass is 343 g/mol. The maximum absolute atomic E-state index is 12.5. The summed E-state index contributed by atoms with van der Waals surface area (Å²) in [5.74, 6) is -0.613. The van der Waals surface area contributed by atoms with Crippen LogP contribution >= 0.6 is 11.8 Å². The van der Waals surface area contributed by atoms with Gasteiger partial charge in [-0.05, 0) is 28.9 Å². The van der Waals surface area contributed by atoms with Crippen molar-refractivity contribution in [1.29, 1.82) is 0 Å². The van der Waals surface area contributed by atoms with Crippen molar-refractivity contribution < 1.29 is 14.4 Å². The summed E-state index contributed by atoms with van der Waals surface area (Å²) in [5.41, 5.74) is 1.20. The van der Waals surface area contributed by atoms with Crippen LogP contribution in [0.3, 0.4) is 0 Å². The van der Waals surface area contributed by atoms with Gasteiger partial charge in [0.1, 0.15) is 0 Å². The van der Waals surface area contributed by atoms with Gasteiger partial charge in [0.25, 0.3) is 0 Å². The third-order valence-electron chi connectivity index (χ3n) is 4.42. The number of benzene rings is 1. The van der Waals surface area contributed by atoms with E-state index in [0.29, 0.717) is 10.9 Å². The number of amides is 2. The van der Waals surface area contributed by atoms with Gasteiger partial charge in [-0.2, -0.15) is 0 Å². The molecule has 126 valence electrons. The van der Waals surface area contributed by atoms with Crippen LogP contribution in [0.1, 0.15) is 45.6 Å². The van der Waals surface area contributed by atoms with Crippen molar-refractivity contribution >= 4 is 42.8 Å². The molecular formula is C18H22BNO3S. The Hall–Kier alpha value is -1.56. The van der Waals surface area contributed by atoms with Crippen LogP contribution in [0, 0.1) is 5.92 Å². The van der Waals surface area contributed by atoms with Gasteiger partial charge in [0, 0.05) is 12.3 Å². The molecule has 0 bridgehead atoms. The number of hydrogen-bond acceptors (Lipinski definition) is 4. The molecule has 3 unspecified atom stereocenters. The van der Waals surface area contributed by atoms with Crippen LogP contribution in [-0.2, 0) is 14.4 Å². The summed E-state index contributed by atoms with van der Waals surface area (Å²) in [4.78, 5) is 37.3. The quantitative estimate of drug-likeness (QED) is 0.589. The predicted molar refractivity (Wildman–Crippen MR) is 98.4 cm³/mol. The van der Waals surface area contributed by atoms with Crippen LogP contribution in [0.25, 0.3) is 0 Å². The Kier molecular flexibility index (Phi) is 5.91. The highest BCUT2D eigenvalue weighted by atomic mass is 32.2. The van der Waals surface area contributed by atoms with Gasteiger partial charge >= 0.3 is 0 Å². The van der Waals surface area contributed by atoms with Gasteiger partial charge in [0.2, 0.25) is 11.8 Å². The molecule has 1 saturated heterocycles. The SMILES string of the molecule is [B]C(=O)C(C)C(C)c1ccc(N2C(=O)CC(SC(C)C)C2=O)cc1. The van der Waals surface area contributed by atoms with E-state index in [2.05, 4.69) is 0 Å². The fraction of sp³-hybridized carbons (Fsp3) is 0.500. The highest BCUT2D eigenvalue weighted by Crippen LogP contribution is 2.33. The highest BCUT2D eigenvalue weighted by Gasteiger charge is 2.40. The molecule has 4 nitrogen and oxygen atoms in total. The molecule has 24 heavy (non-hydrogen) atoms. The van der Waals surface area contributed by atoms with E-state index >= 15 is 0 Å². The number of carbonyl (C=O) groups excluding carboxylic acids is 3. The first kappa shape index (κ1) is 18.8. The van der Waals surface area contributed by atoms with Crippen molar-refractivity contribution in [3.63, 3.8) is 0 Å². The first-order valence-corrected chi connectivity index (χ1v) is 9.08. The number of rotatable bonds is 6.